The van der Waals surface area contributed by atoms with Crippen LogP contribution in [0.15, 0.2) is 72.8 Å². The van der Waals surface area contributed by atoms with Crippen molar-refractivity contribution in [2.24, 2.45) is 0 Å². The molecule has 0 N–H and O–H groups in total. The van der Waals surface area contributed by atoms with Crippen molar-refractivity contribution in [2.75, 3.05) is 18.6 Å². The Labute approximate surface area is 182 Å². The molecule has 31 heavy (non-hydrogen) atoms. The van der Waals surface area contributed by atoms with Gasteiger partial charge in [0.25, 0.3) is 0 Å². The molecular formula is C26H27F2NO2. The summed E-state index contributed by atoms with van der Waals surface area (Å²) in [4.78, 5) is 2.38. The molecule has 1 saturated carbocycles. The van der Waals surface area contributed by atoms with Crippen molar-refractivity contribution in [3.8, 4) is 22.6 Å². The number of alkyl halides is 2. The van der Waals surface area contributed by atoms with Gasteiger partial charge in [0.1, 0.15) is 11.5 Å². The second kappa shape index (κ2) is 8.96. The fourth-order valence-corrected chi connectivity index (χ4v) is 4.52. The summed E-state index contributed by atoms with van der Waals surface area (Å²) >= 11 is 0. The van der Waals surface area contributed by atoms with Gasteiger partial charge in [-0.2, -0.15) is 8.78 Å². The van der Waals surface area contributed by atoms with Gasteiger partial charge < -0.3 is 14.4 Å². The van der Waals surface area contributed by atoms with E-state index in [1.807, 2.05) is 24.3 Å². The van der Waals surface area contributed by atoms with Gasteiger partial charge >= 0.3 is 6.61 Å². The largest absolute Gasteiger partial charge is 0.497 e. The summed E-state index contributed by atoms with van der Waals surface area (Å²) in [5, 5.41) is 0. The molecule has 0 atom stereocenters. The van der Waals surface area contributed by atoms with Gasteiger partial charge in [-0.1, -0.05) is 36.4 Å². The van der Waals surface area contributed by atoms with Crippen LogP contribution < -0.4 is 14.4 Å². The molecule has 0 aliphatic heterocycles. The van der Waals surface area contributed by atoms with Gasteiger partial charge in [0.05, 0.1) is 12.6 Å². The summed E-state index contributed by atoms with van der Waals surface area (Å²) in [6.07, 6.45) is 3.30. The fourth-order valence-electron chi connectivity index (χ4n) is 4.52. The van der Waals surface area contributed by atoms with Crippen LogP contribution in [0, 0.1) is 0 Å². The first-order valence-electron chi connectivity index (χ1n) is 10.6. The maximum Gasteiger partial charge on any atom is 0.387 e. The topological polar surface area (TPSA) is 21.7 Å². The van der Waals surface area contributed by atoms with Crippen molar-refractivity contribution in [3.05, 3.63) is 78.4 Å². The van der Waals surface area contributed by atoms with Crippen molar-refractivity contribution >= 4 is 5.69 Å². The third-order valence-electron chi connectivity index (χ3n) is 6.23. The Kier molecular flexibility index (Phi) is 6.12. The first-order valence-corrected chi connectivity index (χ1v) is 10.6. The minimum absolute atomic E-state index is 0.0712. The number of ether oxygens (including phenoxy) is 2. The van der Waals surface area contributed by atoms with E-state index >= 15 is 0 Å². The lowest BCUT2D eigenvalue weighted by Crippen LogP contribution is -2.51. The minimum atomic E-state index is -2.81. The Morgan fingerprint density at radius 3 is 1.84 bits per heavy atom. The highest BCUT2D eigenvalue weighted by Crippen LogP contribution is 2.48. The first-order chi connectivity index (χ1) is 15.1. The zero-order valence-electron chi connectivity index (χ0n) is 17.9. The molecule has 0 radical (unpaired) electrons. The summed E-state index contributed by atoms with van der Waals surface area (Å²) in [6.45, 7) is 0.153. The molecule has 1 aliphatic carbocycles. The van der Waals surface area contributed by atoms with Crippen LogP contribution in [0.3, 0.4) is 0 Å². The van der Waals surface area contributed by atoms with Gasteiger partial charge in [-0.25, -0.2) is 0 Å². The van der Waals surface area contributed by atoms with E-state index in [2.05, 4.69) is 53.0 Å². The molecule has 0 heterocycles. The van der Waals surface area contributed by atoms with E-state index in [9.17, 15) is 8.78 Å². The van der Waals surface area contributed by atoms with E-state index in [0.29, 0.717) is 0 Å². The molecule has 0 aromatic heterocycles. The van der Waals surface area contributed by atoms with Crippen molar-refractivity contribution in [2.45, 2.75) is 38.3 Å². The van der Waals surface area contributed by atoms with Gasteiger partial charge in [0, 0.05) is 12.2 Å². The molecule has 0 bridgehead atoms. The quantitative estimate of drug-likeness (QED) is 0.395. The van der Waals surface area contributed by atoms with Gasteiger partial charge in [-0.05, 0) is 79.3 Å². The monoisotopic (exact) mass is 423 g/mol. The number of rotatable bonds is 8. The van der Waals surface area contributed by atoms with E-state index in [0.717, 1.165) is 42.0 Å². The Balaban J connectivity index is 1.59. The molecule has 3 aromatic rings. The lowest BCUT2D eigenvalue weighted by molar-refractivity contribution is -0.0498. The predicted octanol–water partition coefficient (Wildman–Crippen LogP) is 6.87. The molecule has 4 rings (SSSR count). The highest BCUT2D eigenvalue weighted by atomic mass is 19.3. The average Bonchev–Trinajstić information content (AvgIpc) is 2.77. The highest BCUT2D eigenvalue weighted by molar-refractivity contribution is 5.65. The number of nitrogens with zero attached hydrogens (tertiary/aromatic N) is 1. The van der Waals surface area contributed by atoms with Crippen LogP contribution in [-0.2, 0) is 5.54 Å². The molecule has 3 nitrogen and oxygen atoms in total. The smallest absolute Gasteiger partial charge is 0.387 e. The zero-order valence-corrected chi connectivity index (χ0v) is 17.9. The molecule has 3 aromatic carbocycles. The second-order valence-corrected chi connectivity index (χ2v) is 7.81. The van der Waals surface area contributed by atoms with Gasteiger partial charge in [-0.3, -0.25) is 0 Å². The first kappa shape index (κ1) is 21.2. The predicted molar refractivity (Wildman–Crippen MR) is 120 cm³/mol. The van der Waals surface area contributed by atoms with E-state index in [1.165, 1.54) is 12.0 Å². The van der Waals surface area contributed by atoms with E-state index in [1.54, 1.807) is 19.2 Å². The van der Waals surface area contributed by atoms with Crippen molar-refractivity contribution < 1.29 is 18.3 Å². The molecule has 5 heteroatoms. The minimum Gasteiger partial charge on any atom is -0.497 e. The number of halogens is 2. The third-order valence-corrected chi connectivity index (χ3v) is 6.23. The summed E-state index contributed by atoms with van der Waals surface area (Å²) in [5.41, 5.74) is 4.54. The van der Waals surface area contributed by atoms with Crippen LogP contribution in [0.2, 0.25) is 0 Å². The van der Waals surface area contributed by atoms with Crippen LogP contribution in [0.1, 0.15) is 31.7 Å². The number of benzene rings is 3. The lowest BCUT2D eigenvalue weighted by Gasteiger charge is -2.52. The molecule has 1 aliphatic rings. The Hall–Kier alpha value is -3.08. The maximum absolute atomic E-state index is 12.5. The zero-order chi connectivity index (χ0) is 21.8. The fraction of sp³-hybridized carbons (Fsp3) is 0.308. The molecule has 0 unspecified atom stereocenters. The summed E-state index contributed by atoms with van der Waals surface area (Å²) in [7, 11) is 1.67. The lowest BCUT2D eigenvalue weighted by atomic mass is 9.70. The summed E-state index contributed by atoms with van der Waals surface area (Å²) in [5.74, 6) is 1.03. The van der Waals surface area contributed by atoms with Crippen molar-refractivity contribution in [1.29, 1.82) is 0 Å². The van der Waals surface area contributed by atoms with E-state index in [4.69, 9.17) is 4.74 Å². The van der Waals surface area contributed by atoms with Gasteiger partial charge in [0.2, 0.25) is 0 Å². The second-order valence-electron chi connectivity index (χ2n) is 7.81. The maximum atomic E-state index is 12.5. The van der Waals surface area contributed by atoms with Gasteiger partial charge in [-0.15, -0.1) is 0 Å². The Morgan fingerprint density at radius 2 is 1.39 bits per heavy atom. The molecular weight excluding hydrogens is 396 g/mol. The van der Waals surface area contributed by atoms with Crippen LogP contribution in [0.4, 0.5) is 14.5 Å². The number of anilines is 1. The highest BCUT2D eigenvalue weighted by Gasteiger charge is 2.43. The SMILES string of the molecule is CCN(c1ccc(OC(F)F)cc1)C1(c2ccc(-c3ccc(OC)cc3)cc2)CCC1. The molecule has 0 saturated heterocycles. The third kappa shape index (κ3) is 4.22. The van der Waals surface area contributed by atoms with Crippen LogP contribution in [0.5, 0.6) is 11.5 Å². The Morgan fingerprint density at radius 1 is 0.839 bits per heavy atom. The average molecular weight is 424 g/mol. The standard InChI is InChI=1S/C26H27F2NO2/c1-3-29(22-11-15-24(16-12-22)31-25(27)28)26(17-4-18-26)21-9-5-19(6-10-21)20-7-13-23(30-2)14-8-20/h5-16,25H,3-4,17-18H2,1-2H3. The number of hydrogen-bond acceptors (Lipinski definition) is 3. The van der Waals surface area contributed by atoms with E-state index in [-0.39, 0.29) is 11.3 Å². The van der Waals surface area contributed by atoms with Crippen molar-refractivity contribution in [3.63, 3.8) is 0 Å². The Bertz CT molecular complexity index is 981. The summed E-state index contributed by atoms with van der Waals surface area (Å²) in [6, 6.07) is 23.8. The van der Waals surface area contributed by atoms with Crippen LogP contribution in [-0.4, -0.2) is 20.3 Å². The number of methoxy groups -OCH3 is 1. The van der Waals surface area contributed by atoms with Gasteiger partial charge in [0.15, 0.2) is 0 Å². The van der Waals surface area contributed by atoms with Crippen LogP contribution in [0.25, 0.3) is 11.1 Å². The summed E-state index contributed by atoms with van der Waals surface area (Å²) < 4.78 is 34.7. The molecule has 1 fully saturated rings. The molecule has 0 spiro atoms. The van der Waals surface area contributed by atoms with Crippen LogP contribution >= 0.6 is 0 Å². The van der Waals surface area contributed by atoms with E-state index < -0.39 is 6.61 Å². The molecule has 162 valence electrons. The van der Waals surface area contributed by atoms with Crippen molar-refractivity contribution in [1.82, 2.24) is 0 Å². The normalized spacial score (nSPS) is 14.7. The molecule has 0 amide bonds. The number of hydrogen-bond donors (Lipinski definition) is 0.